The summed E-state index contributed by atoms with van der Waals surface area (Å²) in [6.07, 6.45) is -0.617. The Hall–Kier alpha value is -4.52. The summed E-state index contributed by atoms with van der Waals surface area (Å²) in [6.45, 7) is 10.5. The number of benzene rings is 3. The minimum Gasteiger partial charge on any atom is -0.491 e. The number of piperidine rings is 1. The number of ether oxygens (including phenoxy) is 2. The lowest BCUT2D eigenvalue weighted by atomic mass is 9.83. The number of likely N-dealkylation sites (tertiary alicyclic amines) is 1. The number of aromatic nitrogens is 1. The van der Waals surface area contributed by atoms with Crippen LogP contribution < -0.4 is 15.4 Å². The number of hydrogen-bond donors (Lipinski definition) is 1. The molecule has 4 aliphatic rings. The number of primary amides is 1. The van der Waals surface area contributed by atoms with Crippen LogP contribution in [0, 0.1) is 0 Å². The number of ketones is 1. The SMILES string of the molecule is CC(C)Oc1cc2nc(-c3cccc(C(F)(F)F)c3)c(CN3CCC(N4CCOCC4)CC3)c(C(N)=O)c2cc1C1(c2ccccc2N2CCCC2)CC1=O. The van der Waals surface area contributed by atoms with Crippen LogP contribution in [0.25, 0.3) is 22.2 Å². The molecule has 1 atom stereocenters. The Labute approximate surface area is 319 Å². The van der Waals surface area contributed by atoms with E-state index in [9.17, 15) is 22.8 Å². The number of Topliss-reactive ketones (excluding diaryl/α,β-unsaturated/α-hetero) is 1. The summed E-state index contributed by atoms with van der Waals surface area (Å²) >= 11 is 0. The summed E-state index contributed by atoms with van der Waals surface area (Å²) < 4.78 is 54.3. The number of alkyl halides is 3. The third kappa shape index (κ3) is 7.20. The molecule has 3 saturated heterocycles. The summed E-state index contributed by atoms with van der Waals surface area (Å²) in [4.78, 5) is 39.8. The van der Waals surface area contributed by atoms with Crippen LogP contribution in [-0.4, -0.2) is 91.1 Å². The first-order valence-corrected chi connectivity index (χ1v) is 19.5. The third-order valence-electron chi connectivity index (χ3n) is 11.8. The van der Waals surface area contributed by atoms with Gasteiger partial charge in [-0.3, -0.25) is 19.4 Å². The number of carbonyl (C=O) groups excluding carboxylic acids is 2. The highest BCUT2D eigenvalue weighted by atomic mass is 19.4. The van der Waals surface area contributed by atoms with Gasteiger partial charge in [0.15, 0.2) is 0 Å². The highest BCUT2D eigenvalue weighted by Gasteiger charge is 2.59. The Balaban J connectivity index is 1.30. The van der Waals surface area contributed by atoms with Crippen LogP contribution >= 0.6 is 0 Å². The van der Waals surface area contributed by atoms with E-state index in [1.165, 1.54) is 6.07 Å². The Morgan fingerprint density at radius 2 is 1.67 bits per heavy atom. The monoisotopic (exact) mass is 755 g/mol. The van der Waals surface area contributed by atoms with E-state index in [0.717, 1.165) is 88.3 Å². The number of nitrogens with zero attached hydrogens (tertiary/aromatic N) is 4. The Morgan fingerprint density at radius 3 is 2.33 bits per heavy atom. The largest absolute Gasteiger partial charge is 0.491 e. The molecule has 55 heavy (non-hydrogen) atoms. The molecule has 1 amide bonds. The number of nitrogens with two attached hydrogens (primary N) is 1. The standard InChI is InChI=1S/C43H48F3N5O4/c1-27(2)55-37-24-35-31(23-34(37)42(25-38(42)52)33-10-3-4-11-36(33)51-14-5-6-15-51)39(41(47)53)32(40(48-35)28-8-7-9-29(22-28)43(44,45)46)26-49-16-12-30(13-17-49)50-18-20-54-21-19-50/h3-4,7-11,22-24,27,30H,5-6,12-21,25-26H2,1-2H3,(H2,47,53). The van der Waals surface area contributed by atoms with Crippen molar-refractivity contribution in [3.63, 3.8) is 0 Å². The molecule has 0 bridgehead atoms. The van der Waals surface area contributed by atoms with Gasteiger partial charge in [-0.05, 0) is 82.4 Å². The number of anilines is 1. The molecule has 12 heteroatoms. The molecule has 4 heterocycles. The molecule has 3 aromatic carbocycles. The van der Waals surface area contributed by atoms with Gasteiger partial charge in [0.2, 0.25) is 5.91 Å². The number of rotatable bonds is 10. The number of hydrogen-bond acceptors (Lipinski definition) is 8. The van der Waals surface area contributed by atoms with E-state index in [4.69, 9.17) is 20.2 Å². The molecule has 2 N–H and O–H groups in total. The van der Waals surface area contributed by atoms with Gasteiger partial charge in [0.05, 0.1) is 47.1 Å². The zero-order valence-corrected chi connectivity index (χ0v) is 31.5. The van der Waals surface area contributed by atoms with Gasteiger partial charge in [0.25, 0.3) is 0 Å². The molecule has 1 saturated carbocycles. The lowest BCUT2D eigenvalue weighted by Crippen LogP contribution is -2.48. The third-order valence-corrected chi connectivity index (χ3v) is 11.8. The average molecular weight is 756 g/mol. The number of fused-ring (bicyclic) bond motifs is 1. The Bertz CT molecular complexity index is 2100. The number of halogens is 3. The maximum Gasteiger partial charge on any atom is 0.416 e. The highest BCUT2D eigenvalue weighted by Crippen LogP contribution is 2.56. The molecule has 1 aromatic heterocycles. The van der Waals surface area contributed by atoms with Crippen LogP contribution in [0.2, 0.25) is 0 Å². The number of morpholine rings is 1. The van der Waals surface area contributed by atoms with Crippen LogP contribution in [0.15, 0.2) is 60.7 Å². The minimum absolute atomic E-state index is 0.0460. The fourth-order valence-electron chi connectivity index (χ4n) is 9.04. The van der Waals surface area contributed by atoms with Crippen molar-refractivity contribution in [2.45, 2.75) is 76.2 Å². The lowest BCUT2D eigenvalue weighted by molar-refractivity contribution is -0.137. The number of carbonyl (C=O) groups is 2. The van der Waals surface area contributed by atoms with Crippen LogP contribution in [0.3, 0.4) is 0 Å². The van der Waals surface area contributed by atoms with Crippen molar-refractivity contribution in [1.29, 1.82) is 0 Å². The van der Waals surface area contributed by atoms with E-state index in [1.54, 1.807) is 12.1 Å². The van der Waals surface area contributed by atoms with Crippen LogP contribution in [0.4, 0.5) is 18.9 Å². The van der Waals surface area contributed by atoms with E-state index in [1.807, 2.05) is 38.1 Å². The zero-order chi connectivity index (χ0) is 38.5. The highest BCUT2D eigenvalue weighted by molar-refractivity contribution is 6.14. The van der Waals surface area contributed by atoms with Crippen LogP contribution in [0.1, 0.15) is 78.6 Å². The Kier molecular flexibility index (Phi) is 10.1. The molecule has 290 valence electrons. The first kappa shape index (κ1) is 37.4. The fourth-order valence-corrected chi connectivity index (χ4v) is 9.04. The van der Waals surface area contributed by atoms with Gasteiger partial charge in [-0.25, -0.2) is 4.98 Å². The van der Waals surface area contributed by atoms with E-state index in [-0.39, 0.29) is 41.7 Å². The average Bonchev–Trinajstić information content (AvgIpc) is 3.54. The predicted octanol–water partition coefficient (Wildman–Crippen LogP) is 6.96. The van der Waals surface area contributed by atoms with Gasteiger partial charge in [-0.1, -0.05) is 30.3 Å². The molecule has 0 radical (unpaired) electrons. The van der Waals surface area contributed by atoms with Crippen molar-refractivity contribution in [3.05, 3.63) is 88.5 Å². The normalized spacial score (nSPS) is 21.5. The number of amides is 1. The quantitative estimate of drug-likeness (QED) is 0.186. The van der Waals surface area contributed by atoms with Crippen molar-refractivity contribution in [2.24, 2.45) is 5.73 Å². The van der Waals surface area contributed by atoms with Crippen molar-refractivity contribution < 1.29 is 32.2 Å². The van der Waals surface area contributed by atoms with Crippen LogP contribution in [-0.2, 0) is 27.7 Å². The summed E-state index contributed by atoms with van der Waals surface area (Å²) in [6, 6.07) is 17.1. The first-order valence-electron chi connectivity index (χ1n) is 19.5. The van der Waals surface area contributed by atoms with Gasteiger partial charge in [-0.15, -0.1) is 0 Å². The molecule has 8 rings (SSSR count). The van der Waals surface area contributed by atoms with Gasteiger partial charge in [0, 0.05) is 79.0 Å². The van der Waals surface area contributed by atoms with Crippen molar-refractivity contribution in [1.82, 2.24) is 14.8 Å². The maximum atomic E-state index is 14.1. The second-order valence-corrected chi connectivity index (χ2v) is 15.7. The molecular weight excluding hydrogens is 707 g/mol. The van der Waals surface area contributed by atoms with Crippen molar-refractivity contribution >= 4 is 28.3 Å². The van der Waals surface area contributed by atoms with E-state index in [0.29, 0.717) is 47.0 Å². The van der Waals surface area contributed by atoms with Crippen molar-refractivity contribution in [2.75, 3.05) is 57.4 Å². The zero-order valence-electron chi connectivity index (χ0n) is 31.5. The summed E-state index contributed by atoms with van der Waals surface area (Å²) in [5, 5.41) is 0.449. The summed E-state index contributed by atoms with van der Waals surface area (Å²) in [5.74, 6) is -0.221. The van der Waals surface area contributed by atoms with E-state index in [2.05, 4.69) is 20.8 Å². The predicted molar refractivity (Wildman–Crippen MR) is 205 cm³/mol. The van der Waals surface area contributed by atoms with Gasteiger partial charge >= 0.3 is 6.18 Å². The molecule has 9 nitrogen and oxygen atoms in total. The van der Waals surface area contributed by atoms with Gasteiger partial charge in [-0.2, -0.15) is 13.2 Å². The molecule has 0 spiro atoms. The molecular formula is C43H48F3N5O4. The molecule has 1 unspecified atom stereocenters. The topological polar surface area (TPSA) is 101 Å². The molecule has 4 aromatic rings. The van der Waals surface area contributed by atoms with Crippen LogP contribution in [0.5, 0.6) is 5.75 Å². The Morgan fingerprint density at radius 1 is 0.964 bits per heavy atom. The summed E-state index contributed by atoms with van der Waals surface area (Å²) in [5.41, 5.74) is 8.55. The number of para-hydroxylation sites is 1. The van der Waals surface area contributed by atoms with Gasteiger partial charge < -0.3 is 20.1 Å². The molecule has 1 aliphatic carbocycles. The molecule has 3 aliphatic heterocycles. The molecule has 4 fully saturated rings. The van der Waals surface area contributed by atoms with E-state index < -0.39 is 23.1 Å². The summed E-state index contributed by atoms with van der Waals surface area (Å²) in [7, 11) is 0. The first-order chi connectivity index (χ1) is 26.4. The smallest absolute Gasteiger partial charge is 0.416 e. The second kappa shape index (κ2) is 14.9. The van der Waals surface area contributed by atoms with Crippen molar-refractivity contribution in [3.8, 4) is 17.0 Å². The minimum atomic E-state index is -4.58. The number of pyridine rings is 1. The lowest BCUT2D eigenvalue weighted by Gasteiger charge is -2.40. The van der Waals surface area contributed by atoms with Gasteiger partial charge in [0.1, 0.15) is 11.5 Å². The fraction of sp³-hybridized carbons (Fsp3) is 0.465. The second-order valence-electron chi connectivity index (χ2n) is 15.7. The van der Waals surface area contributed by atoms with E-state index >= 15 is 0 Å². The maximum absolute atomic E-state index is 14.1.